The Morgan fingerprint density at radius 2 is 1.22 bits per heavy atom. The van der Waals surface area contributed by atoms with E-state index in [9.17, 15) is 9.59 Å². The van der Waals surface area contributed by atoms with Crippen molar-refractivity contribution < 1.29 is 14.3 Å². The Morgan fingerprint density at radius 3 is 1.78 bits per heavy atom. The molecule has 0 atom stereocenters. The van der Waals surface area contributed by atoms with Gasteiger partial charge in [-0.3, -0.25) is 4.79 Å². The predicted octanol–water partition coefficient (Wildman–Crippen LogP) is 6.08. The maximum atomic E-state index is 12.1. The van der Waals surface area contributed by atoms with Gasteiger partial charge < -0.3 is 10.1 Å². The molecule has 0 aromatic heterocycles. The number of hydrogen-bond acceptors (Lipinski definition) is 3. The highest BCUT2D eigenvalue weighted by Crippen LogP contribution is 2.14. The second-order valence-corrected chi connectivity index (χ2v) is 7.29. The molecule has 0 aliphatic carbocycles. The predicted molar refractivity (Wildman–Crippen MR) is 130 cm³/mol. The summed E-state index contributed by atoms with van der Waals surface area (Å²) in [6, 6.07) is 22.8. The minimum Gasteiger partial charge on any atom is -0.423 e. The first kappa shape index (κ1) is 22.8. The molecule has 0 unspecified atom stereocenters. The first-order chi connectivity index (χ1) is 15.6. The Hall–Kier alpha value is -3.92. The largest absolute Gasteiger partial charge is 0.423 e. The van der Waals surface area contributed by atoms with Gasteiger partial charge >= 0.3 is 5.97 Å². The highest BCUT2D eigenvalue weighted by molar-refractivity contribution is 6.02. The topological polar surface area (TPSA) is 55.4 Å². The monoisotopic (exact) mass is 425 g/mol. The van der Waals surface area contributed by atoms with Crippen LogP contribution in [0.15, 0.2) is 84.9 Å². The van der Waals surface area contributed by atoms with Gasteiger partial charge in [0.1, 0.15) is 5.75 Å². The molecule has 0 bridgehead atoms. The van der Waals surface area contributed by atoms with Crippen molar-refractivity contribution in [2.24, 2.45) is 0 Å². The van der Waals surface area contributed by atoms with Crippen LogP contribution in [0, 0.1) is 0 Å². The number of rotatable bonds is 8. The van der Waals surface area contributed by atoms with Gasteiger partial charge in [-0.2, -0.15) is 0 Å². The fourth-order valence-electron chi connectivity index (χ4n) is 3.01. The molecule has 4 nitrogen and oxygen atoms in total. The molecular weight excluding hydrogens is 398 g/mol. The molecule has 0 fully saturated rings. The zero-order valence-corrected chi connectivity index (χ0v) is 18.4. The van der Waals surface area contributed by atoms with E-state index in [1.807, 2.05) is 36.4 Å². The summed E-state index contributed by atoms with van der Waals surface area (Å²) in [5.41, 5.74) is 4.93. The van der Waals surface area contributed by atoms with Gasteiger partial charge in [-0.25, -0.2) is 4.79 Å². The number of aryl methyl sites for hydroxylation is 2. The molecule has 1 amide bonds. The summed E-state index contributed by atoms with van der Waals surface area (Å²) >= 11 is 0. The normalized spacial score (nSPS) is 11.1. The summed E-state index contributed by atoms with van der Waals surface area (Å²) in [4.78, 5) is 24.2. The third-order valence-corrected chi connectivity index (χ3v) is 4.96. The van der Waals surface area contributed by atoms with E-state index in [0.29, 0.717) is 11.4 Å². The molecular formula is C28H27NO3. The quantitative estimate of drug-likeness (QED) is 0.270. The van der Waals surface area contributed by atoms with Crippen LogP contribution in [-0.4, -0.2) is 11.9 Å². The van der Waals surface area contributed by atoms with Crippen molar-refractivity contribution in [1.82, 2.24) is 0 Å². The molecule has 0 heterocycles. The third-order valence-electron chi connectivity index (χ3n) is 4.96. The average molecular weight is 426 g/mol. The zero-order valence-electron chi connectivity index (χ0n) is 18.4. The van der Waals surface area contributed by atoms with Gasteiger partial charge in [-0.05, 0) is 71.5 Å². The molecule has 3 aromatic rings. The summed E-state index contributed by atoms with van der Waals surface area (Å²) in [5.74, 6) is -0.126. The second-order valence-electron chi connectivity index (χ2n) is 7.29. The lowest BCUT2D eigenvalue weighted by Crippen LogP contribution is -2.07. The number of carbonyl (C=O) groups excluding carboxylic acids is 2. The Morgan fingerprint density at radius 1 is 0.719 bits per heavy atom. The summed E-state index contributed by atoms with van der Waals surface area (Å²) in [6.45, 7) is 4.18. The minimum absolute atomic E-state index is 0.203. The van der Waals surface area contributed by atoms with E-state index < -0.39 is 5.97 Å². The summed E-state index contributed by atoms with van der Waals surface area (Å²) < 4.78 is 5.30. The summed E-state index contributed by atoms with van der Waals surface area (Å²) in [6.07, 6.45) is 8.28. The van der Waals surface area contributed by atoms with E-state index >= 15 is 0 Å². The van der Waals surface area contributed by atoms with Gasteiger partial charge in [0.25, 0.3) is 0 Å². The van der Waals surface area contributed by atoms with Crippen LogP contribution in [0.3, 0.4) is 0 Å². The first-order valence-electron chi connectivity index (χ1n) is 10.7. The smallest absolute Gasteiger partial charge is 0.336 e. The van der Waals surface area contributed by atoms with E-state index in [1.165, 1.54) is 23.3 Å². The molecule has 162 valence electrons. The summed E-state index contributed by atoms with van der Waals surface area (Å²) in [5, 5.41) is 2.83. The highest BCUT2D eigenvalue weighted by atomic mass is 16.5. The Labute approximate surface area is 189 Å². The number of amides is 1. The van der Waals surface area contributed by atoms with Crippen molar-refractivity contribution in [3.8, 4) is 5.75 Å². The third kappa shape index (κ3) is 7.10. The summed E-state index contributed by atoms with van der Waals surface area (Å²) in [7, 11) is 0. The molecule has 3 aromatic carbocycles. The van der Waals surface area contributed by atoms with Crippen LogP contribution in [0.2, 0.25) is 0 Å². The molecule has 1 N–H and O–H groups in total. The van der Waals surface area contributed by atoms with E-state index in [4.69, 9.17) is 4.74 Å². The van der Waals surface area contributed by atoms with Gasteiger partial charge in [0.15, 0.2) is 0 Å². The van der Waals surface area contributed by atoms with E-state index in [0.717, 1.165) is 24.0 Å². The standard InChI is InChI=1S/C28H27NO3/c1-3-21-5-7-23(8-6-21)13-19-27(30)29-25-15-9-24(10-16-25)14-20-28(31)32-26-17-11-22(4-2)12-18-26/h5-20H,3-4H2,1-2H3,(H,29,30)/b19-13+,20-14+. The van der Waals surface area contributed by atoms with E-state index in [-0.39, 0.29) is 5.91 Å². The SMILES string of the molecule is CCc1ccc(/C=C/C(=O)Nc2ccc(/C=C/C(=O)Oc3ccc(CC)cc3)cc2)cc1. The fourth-order valence-corrected chi connectivity index (χ4v) is 3.01. The second kappa shape index (κ2) is 11.5. The van der Waals surface area contributed by atoms with Crippen LogP contribution in [0.5, 0.6) is 5.75 Å². The highest BCUT2D eigenvalue weighted by Gasteiger charge is 2.02. The lowest BCUT2D eigenvalue weighted by molar-refractivity contribution is -0.128. The maximum Gasteiger partial charge on any atom is 0.336 e. The molecule has 0 radical (unpaired) electrons. The molecule has 0 aliphatic heterocycles. The van der Waals surface area contributed by atoms with Crippen molar-refractivity contribution in [3.63, 3.8) is 0 Å². The zero-order chi connectivity index (χ0) is 22.8. The molecule has 4 heteroatoms. The molecule has 3 rings (SSSR count). The van der Waals surface area contributed by atoms with Gasteiger partial charge in [0, 0.05) is 17.8 Å². The van der Waals surface area contributed by atoms with E-state index in [2.05, 4.69) is 31.3 Å². The number of anilines is 1. The number of hydrogen-bond donors (Lipinski definition) is 1. The van der Waals surface area contributed by atoms with E-state index in [1.54, 1.807) is 36.4 Å². The Bertz CT molecular complexity index is 1090. The van der Waals surface area contributed by atoms with Crippen LogP contribution >= 0.6 is 0 Å². The number of nitrogens with one attached hydrogen (secondary N) is 1. The Kier molecular flexibility index (Phi) is 8.15. The molecule has 0 saturated carbocycles. The molecule has 0 saturated heterocycles. The van der Waals surface area contributed by atoms with Crippen molar-refractivity contribution >= 4 is 29.7 Å². The average Bonchev–Trinajstić information content (AvgIpc) is 2.83. The van der Waals surface area contributed by atoms with Crippen LogP contribution in [-0.2, 0) is 22.4 Å². The molecule has 0 spiro atoms. The lowest BCUT2D eigenvalue weighted by atomic mass is 10.1. The number of esters is 1. The minimum atomic E-state index is -0.441. The van der Waals surface area contributed by atoms with Crippen molar-refractivity contribution in [1.29, 1.82) is 0 Å². The van der Waals surface area contributed by atoms with Gasteiger partial charge in [0.2, 0.25) is 5.91 Å². The number of benzene rings is 3. The number of ether oxygens (including phenoxy) is 1. The van der Waals surface area contributed by atoms with Crippen LogP contribution < -0.4 is 10.1 Å². The number of carbonyl (C=O) groups is 2. The molecule has 0 aliphatic rings. The first-order valence-corrected chi connectivity index (χ1v) is 10.7. The van der Waals surface area contributed by atoms with Crippen LogP contribution in [0.4, 0.5) is 5.69 Å². The Balaban J connectivity index is 1.50. The lowest BCUT2D eigenvalue weighted by Gasteiger charge is -2.03. The maximum absolute atomic E-state index is 12.1. The van der Waals surface area contributed by atoms with Crippen molar-refractivity contribution in [2.75, 3.05) is 5.32 Å². The van der Waals surface area contributed by atoms with Crippen LogP contribution in [0.25, 0.3) is 12.2 Å². The van der Waals surface area contributed by atoms with Crippen molar-refractivity contribution in [3.05, 3.63) is 107 Å². The van der Waals surface area contributed by atoms with Gasteiger partial charge in [-0.15, -0.1) is 0 Å². The fraction of sp³-hybridized carbons (Fsp3) is 0.143. The molecule has 32 heavy (non-hydrogen) atoms. The van der Waals surface area contributed by atoms with Crippen molar-refractivity contribution in [2.45, 2.75) is 26.7 Å². The van der Waals surface area contributed by atoms with Gasteiger partial charge in [0.05, 0.1) is 0 Å². The van der Waals surface area contributed by atoms with Gasteiger partial charge in [-0.1, -0.05) is 62.4 Å². The van der Waals surface area contributed by atoms with Crippen LogP contribution in [0.1, 0.15) is 36.1 Å².